The number of aryl methyl sites for hydroxylation is 1. The van der Waals surface area contributed by atoms with Gasteiger partial charge in [-0.25, -0.2) is 0 Å². The number of rotatable bonds is 7. The Bertz CT molecular complexity index is 1340. The van der Waals surface area contributed by atoms with Crippen molar-refractivity contribution in [3.05, 3.63) is 94.5 Å². The van der Waals surface area contributed by atoms with Gasteiger partial charge in [0.25, 0.3) is 5.91 Å². The normalized spacial score (nSPS) is 11.2. The second kappa shape index (κ2) is 10.1. The predicted octanol–water partition coefficient (Wildman–Crippen LogP) is 5.99. The number of alkyl halides is 3. The first-order chi connectivity index (χ1) is 16.7. The van der Waals surface area contributed by atoms with Crippen molar-refractivity contribution in [3.63, 3.8) is 0 Å². The lowest BCUT2D eigenvalue weighted by molar-refractivity contribution is -0.274. The molecule has 0 unspecified atom stereocenters. The van der Waals surface area contributed by atoms with E-state index in [1.54, 1.807) is 31.2 Å². The van der Waals surface area contributed by atoms with Crippen LogP contribution < -0.4 is 15.4 Å². The number of hydrogen-bond acceptors (Lipinski definition) is 5. The maximum atomic E-state index is 12.9. The second-order valence-corrected chi connectivity index (χ2v) is 7.83. The molecule has 0 aliphatic heterocycles. The Hall–Kier alpha value is -4.05. The van der Waals surface area contributed by atoms with E-state index < -0.39 is 12.3 Å². The number of hydrogen-bond donors (Lipinski definition) is 2. The standard InChI is InChI=1S/C24H19ClF3N5O2/c1-15-6-2-4-8-19(15)21(34)30-23-31-22(29-14-16-7-3-5-9-20(16)25)32-33(23)17-10-12-18(13-11-17)35-24(26,27)28/h2-13H,14H2,1H3,(H2,29,30,31,32,34). The Labute approximate surface area is 203 Å². The third-order valence-electron chi connectivity index (χ3n) is 4.93. The van der Waals surface area contributed by atoms with Gasteiger partial charge < -0.3 is 10.1 Å². The summed E-state index contributed by atoms with van der Waals surface area (Å²) in [5.74, 6) is -0.541. The first kappa shape index (κ1) is 24.1. The molecule has 4 aromatic rings. The number of carbonyl (C=O) groups is 1. The lowest BCUT2D eigenvalue weighted by Gasteiger charge is -2.11. The van der Waals surface area contributed by atoms with Gasteiger partial charge in [-0.1, -0.05) is 48.0 Å². The molecule has 1 aromatic heterocycles. The number of aromatic nitrogens is 3. The van der Waals surface area contributed by atoms with Crippen molar-refractivity contribution in [1.29, 1.82) is 0 Å². The SMILES string of the molecule is Cc1ccccc1C(=O)Nc1nc(NCc2ccccc2Cl)nn1-c1ccc(OC(F)(F)F)cc1. The number of halogens is 4. The summed E-state index contributed by atoms with van der Waals surface area (Å²) in [5, 5.41) is 10.7. The van der Waals surface area contributed by atoms with Crippen LogP contribution in [0.2, 0.25) is 5.02 Å². The van der Waals surface area contributed by atoms with Gasteiger partial charge in [-0.2, -0.15) is 9.67 Å². The van der Waals surface area contributed by atoms with Crippen molar-refractivity contribution in [2.24, 2.45) is 0 Å². The van der Waals surface area contributed by atoms with Crippen LogP contribution in [0.5, 0.6) is 5.75 Å². The van der Waals surface area contributed by atoms with Crippen molar-refractivity contribution in [3.8, 4) is 11.4 Å². The Morgan fingerprint density at radius 2 is 1.71 bits per heavy atom. The van der Waals surface area contributed by atoms with Crippen molar-refractivity contribution in [2.75, 3.05) is 10.6 Å². The zero-order valence-corrected chi connectivity index (χ0v) is 19.1. The molecule has 180 valence electrons. The zero-order valence-electron chi connectivity index (χ0n) is 18.3. The molecule has 0 aliphatic rings. The van der Waals surface area contributed by atoms with Gasteiger partial charge >= 0.3 is 6.36 Å². The van der Waals surface area contributed by atoms with Crippen LogP contribution in [0, 0.1) is 6.92 Å². The maximum Gasteiger partial charge on any atom is 0.573 e. The molecule has 11 heteroatoms. The molecule has 2 N–H and O–H groups in total. The van der Waals surface area contributed by atoms with Gasteiger partial charge in [0.2, 0.25) is 11.9 Å². The molecule has 0 radical (unpaired) electrons. The average Bonchev–Trinajstić information content (AvgIpc) is 3.20. The molecule has 3 aromatic carbocycles. The fraction of sp³-hybridized carbons (Fsp3) is 0.125. The quantitative estimate of drug-likeness (QED) is 0.325. The van der Waals surface area contributed by atoms with E-state index in [0.717, 1.165) is 23.3 Å². The number of ether oxygens (including phenoxy) is 1. The van der Waals surface area contributed by atoms with Gasteiger partial charge in [-0.3, -0.25) is 10.1 Å². The lowest BCUT2D eigenvalue weighted by Crippen LogP contribution is -2.17. The van der Waals surface area contributed by atoms with Gasteiger partial charge in [-0.05, 0) is 54.4 Å². The smallest absolute Gasteiger partial charge is 0.406 e. The van der Waals surface area contributed by atoms with Crippen molar-refractivity contribution in [2.45, 2.75) is 19.8 Å². The number of benzene rings is 3. The van der Waals surface area contributed by atoms with Crippen LogP contribution in [0.3, 0.4) is 0 Å². The van der Waals surface area contributed by atoms with Crippen molar-refractivity contribution >= 4 is 29.4 Å². The van der Waals surface area contributed by atoms with Gasteiger partial charge in [0.1, 0.15) is 5.75 Å². The highest BCUT2D eigenvalue weighted by Gasteiger charge is 2.31. The lowest BCUT2D eigenvalue weighted by atomic mass is 10.1. The van der Waals surface area contributed by atoms with Gasteiger partial charge in [-0.15, -0.1) is 18.3 Å². The molecule has 1 amide bonds. The van der Waals surface area contributed by atoms with E-state index in [0.29, 0.717) is 22.8 Å². The van der Waals surface area contributed by atoms with Gasteiger partial charge in [0, 0.05) is 17.1 Å². The Morgan fingerprint density at radius 1 is 1.03 bits per heavy atom. The summed E-state index contributed by atoms with van der Waals surface area (Å²) in [4.78, 5) is 17.3. The molecule has 0 saturated carbocycles. The minimum Gasteiger partial charge on any atom is -0.406 e. The predicted molar refractivity (Wildman–Crippen MR) is 126 cm³/mol. The number of amides is 1. The Balaban J connectivity index is 1.63. The Kier molecular flexibility index (Phi) is 6.92. The van der Waals surface area contributed by atoms with Crippen LogP contribution >= 0.6 is 11.6 Å². The molecular formula is C24H19ClF3N5O2. The van der Waals surface area contributed by atoms with Crippen molar-refractivity contribution < 1.29 is 22.7 Å². The van der Waals surface area contributed by atoms with E-state index in [1.807, 2.05) is 24.3 Å². The molecule has 0 bridgehead atoms. The summed E-state index contributed by atoms with van der Waals surface area (Å²) in [6.07, 6.45) is -4.81. The van der Waals surface area contributed by atoms with Crippen LogP contribution in [-0.4, -0.2) is 27.0 Å². The van der Waals surface area contributed by atoms with Gasteiger partial charge in [0.05, 0.1) is 5.69 Å². The molecule has 0 spiro atoms. The largest absolute Gasteiger partial charge is 0.573 e. The first-order valence-electron chi connectivity index (χ1n) is 10.4. The molecule has 1 heterocycles. The van der Waals surface area contributed by atoms with Crippen LogP contribution in [-0.2, 0) is 6.54 Å². The molecule has 7 nitrogen and oxygen atoms in total. The van der Waals surface area contributed by atoms with Gasteiger partial charge in [0.15, 0.2) is 0 Å². The van der Waals surface area contributed by atoms with Crippen LogP contribution in [0.1, 0.15) is 21.5 Å². The molecule has 35 heavy (non-hydrogen) atoms. The number of nitrogens with one attached hydrogen (secondary N) is 2. The highest BCUT2D eigenvalue weighted by atomic mass is 35.5. The summed E-state index contributed by atoms with van der Waals surface area (Å²) >= 11 is 6.20. The number of nitrogens with zero attached hydrogens (tertiary/aromatic N) is 3. The maximum absolute atomic E-state index is 12.9. The van der Waals surface area contributed by atoms with Crippen molar-refractivity contribution in [1.82, 2.24) is 14.8 Å². The molecule has 4 rings (SSSR count). The monoisotopic (exact) mass is 501 g/mol. The van der Waals surface area contributed by atoms with Crippen LogP contribution in [0.4, 0.5) is 25.1 Å². The van der Waals surface area contributed by atoms with E-state index in [1.165, 1.54) is 16.8 Å². The van der Waals surface area contributed by atoms with E-state index >= 15 is 0 Å². The summed E-state index contributed by atoms with van der Waals surface area (Å²) < 4.78 is 42.8. The molecule has 0 fully saturated rings. The third kappa shape index (κ3) is 6.10. The first-order valence-corrected chi connectivity index (χ1v) is 10.7. The Morgan fingerprint density at radius 3 is 2.40 bits per heavy atom. The van der Waals surface area contributed by atoms with E-state index in [9.17, 15) is 18.0 Å². The molecular weight excluding hydrogens is 483 g/mol. The molecule has 0 aliphatic carbocycles. The summed E-state index contributed by atoms with van der Waals surface area (Å²) in [7, 11) is 0. The van der Waals surface area contributed by atoms with E-state index in [4.69, 9.17) is 11.6 Å². The fourth-order valence-electron chi connectivity index (χ4n) is 3.25. The highest BCUT2D eigenvalue weighted by molar-refractivity contribution is 6.31. The summed E-state index contributed by atoms with van der Waals surface area (Å²) in [6.45, 7) is 2.11. The molecule has 0 atom stereocenters. The summed E-state index contributed by atoms with van der Waals surface area (Å²) in [6, 6.07) is 19.3. The second-order valence-electron chi connectivity index (χ2n) is 7.43. The highest BCUT2D eigenvalue weighted by Crippen LogP contribution is 2.25. The summed E-state index contributed by atoms with van der Waals surface area (Å²) in [5.41, 5.74) is 2.38. The van der Waals surface area contributed by atoms with Crippen LogP contribution in [0.15, 0.2) is 72.8 Å². The number of carbonyl (C=O) groups excluding carboxylic acids is 1. The average molecular weight is 502 g/mol. The van der Waals surface area contributed by atoms with E-state index in [-0.39, 0.29) is 17.6 Å². The topological polar surface area (TPSA) is 81.1 Å². The third-order valence-corrected chi connectivity index (χ3v) is 5.30. The van der Waals surface area contributed by atoms with E-state index in [2.05, 4.69) is 25.5 Å². The minimum absolute atomic E-state index is 0.0735. The molecule has 0 saturated heterocycles. The minimum atomic E-state index is -4.81. The number of anilines is 2. The van der Waals surface area contributed by atoms with Crippen LogP contribution in [0.25, 0.3) is 5.69 Å². The fourth-order valence-corrected chi connectivity index (χ4v) is 3.45. The zero-order chi connectivity index (χ0) is 25.0.